The first-order valence-electron chi connectivity index (χ1n) is 11.0. The van der Waals surface area contributed by atoms with Crippen molar-refractivity contribution in [2.45, 2.75) is 58.7 Å². The molecule has 1 heterocycles. The fourth-order valence-corrected chi connectivity index (χ4v) is 4.09. The van der Waals surface area contributed by atoms with Crippen LogP contribution >= 0.6 is 0 Å². The Bertz CT molecular complexity index is 1020. The van der Waals surface area contributed by atoms with Crippen molar-refractivity contribution in [2.24, 2.45) is 16.6 Å². The van der Waals surface area contributed by atoms with Crippen LogP contribution < -0.4 is 11.1 Å². The summed E-state index contributed by atoms with van der Waals surface area (Å²) in [7, 11) is 0. The average molecular weight is 439 g/mol. The molecule has 0 radical (unpaired) electrons. The SMILES string of the molecule is CCC1(C(C)C)CC(=O)N(Cc2cc(F)cc(C(=O)NC(C)c3ccccc3)c2)C(N)=N1. The minimum Gasteiger partial charge on any atom is -0.369 e. The lowest BCUT2D eigenvalue weighted by molar-refractivity contribution is -0.130. The minimum absolute atomic E-state index is 0.0539. The molecule has 2 amide bonds. The molecule has 0 saturated carbocycles. The Balaban J connectivity index is 1.79. The lowest BCUT2D eigenvalue weighted by atomic mass is 9.80. The van der Waals surface area contributed by atoms with Gasteiger partial charge in [-0.3, -0.25) is 14.5 Å². The van der Waals surface area contributed by atoms with Gasteiger partial charge in [0.05, 0.1) is 24.5 Å². The van der Waals surface area contributed by atoms with Gasteiger partial charge in [0.2, 0.25) is 5.91 Å². The van der Waals surface area contributed by atoms with E-state index in [1.807, 2.05) is 58.0 Å². The van der Waals surface area contributed by atoms with E-state index in [0.717, 1.165) is 5.56 Å². The average Bonchev–Trinajstić information content (AvgIpc) is 2.76. The summed E-state index contributed by atoms with van der Waals surface area (Å²) in [6.45, 7) is 7.96. The molecule has 0 aromatic heterocycles. The van der Waals surface area contributed by atoms with E-state index < -0.39 is 17.3 Å². The number of benzene rings is 2. The predicted molar refractivity (Wildman–Crippen MR) is 123 cm³/mol. The Labute approximate surface area is 188 Å². The Hall–Kier alpha value is -3.22. The number of amides is 2. The number of rotatable bonds is 7. The topological polar surface area (TPSA) is 87.8 Å². The Morgan fingerprint density at radius 1 is 1.22 bits per heavy atom. The van der Waals surface area contributed by atoms with Crippen molar-refractivity contribution in [1.82, 2.24) is 10.2 Å². The van der Waals surface area contributed by atoms with E-state index >= 15 is 0 Å². The predicted octanol–water partition coefficient (Wildman–Crippen LogP) is 4.17. The van der Waals surface area contributed by atoms with Crippen LogP contribution in [0.25, 0.3) is 0 Å². The highest BCUT2D eigenvalue weighted by Gasteiger charge is 2.40. The first-order valence-corrected chi connectivity index (χ1v) is 11.0. The van der Waals surface area contributed by atoms with Crippen LogP contribution in [0.5, 0.6) is 0 Å². The number of carbonyl (C=O) groups is 2. The minimum atomic E-state index is -0.551. The van der Waals surface area contributed by atoms with Crippen molar-refractivity contribution in [3.05, 3.63) is 71.0 Å². The zero-order valence-corrected chi connectivity index (χ0v) is 19.1. The summed E-state index contributed by atoms with van der Waals surface area (Å²) in [5, 5.41) is 2.88. The smallest absolute Gasteiger partial charge is 0.251 e. The van der Waals surface area contributed by atoms with Crippen molar-refractivity contribution < 1.29 is 14.0 Å². The number of aliphatic imine (C=N–C) groups is 1. The van der Waals surface area contributed by atoms with Crippen LogP contribution in [0.3, 0.4) is 0 Å². The van der Waals surface area contributed by atoms with Crippen molar-refractivity contribution >= 4 is 17.8 Å². The van der Waals surface area contributed by atoms with Gasteiger partial charge in [-0.2, -0.15) is 0 Å². The van der Waals surface area contributed by atoms with E-state index in [0.29, 0.717) is 12.0 Å². The number of guanidine groups is 1. The van der Waals surface area contributed by atoms with Crippen molar-refractivity contribution in [1.29, 1.82) is 0 Å². The summed E-state index contributed by atoms with van der Waals surface area (Å²) in [5.74, 6) is -0.803. The van der Waals surface area contributed by atoms with Gasteiger partial charge in [-0.15, -0.1) is 0 Å². The highest BCUT2D eigenvalue weighted by atomic mass is 19.1. The zero-order chi connectivity index (χ0) is 23.5. The van der Waals surface area contributed by atoms with E-state index in [2.05, 4.69) is 10.3 Å². The molecule has 6 nitrogen and oxygen atoms in total. The summed E-state index contributed by atoms with van der Waals surface area (Å²) < 4.78 is 14.3. The van der Waals surface area contributed by atoms with E-state index in [1.54, 1.807) is 6.07 Å². The summed E-state index contributed by atoms with van der Waals surface area (Å²) in [6, 6.07) is 13.4. The number of hydrogen-bond acceptors (Lipinski definition) is 4. The van der Waals surface area contributed by atoms with E-state index in [1.165, 1.54) is 17.0 Å². The van der Waals surface area contributed by atoms with Crippen molar-refractivity contribution in [2.75, 3.05) is 0 Å². The molecule has 0 saturated heterocycles. The quantitative estimate of drug-likeness (QED) is 0.680. The number of nitrogens with one attached hydrogen (secondary N) is 1. The standard InChI is InChI=1S/C25H31FN4O2/c1-5-25(16(2)3)14-22(31)30(24(27)29-25)15-18-11-20(13-21(26)12-18)23(32)28-17(4)19-9-7-6-8-10-19/h6-13,16-17H,5,14-15H2,1-4H3,(H2,27,29)(H,28,32). The molecule has 170 valence electrons. The Morgan fingerprint density at radius 2 is 1.91 bits per heavy atom. The van der Waals surface area contributed by atoms with Crippen LogP contribution in [-0.4, -0.2) is 28.2 Å². The zero-order valence-electron chi connectivity index (χ0n) is 19.1. The number of carbonyl (C=O) groups excluding carboxylic acids is 2. The van der Waals surface area contributed by atoms with E-state index in [-0.39, 0.29) is 42.4 Å². The van der Waals surface area contributed by atoms with Crippen LogP contribution in [0.1, 0.15) is 68.1 Å². The molecule has 0 bridgehead atoms. The fraction of sp³-hybridized carbons (Fsp3) is 0.400. The molecule has 32 heavy (non-hydrogen) atoms. The van der Waals surface area contributed by atoms with Crippen LogP contribution in [0.2, 0.25) is 0 Å². The highest BCUT2D eigenvalue weighted by molar-refractivity contribution is 5.99. The molecule has 1 aliphatic rings. The molecule has 0 aliphatic carbocycles. The molecular formula is C25H31FN4O2. The summed E-state index contributed by atoms with van der Waals surface area (Å²) >= 11 is 0. The van der Waals surface area contributed by atoms with Crippen molar-refractivity contribution in [3.63, 3.8) is 0 Å². The summed E-state index contributed by atoms with van der Waals surface area (Å²) in [6.07, 6.45) is 0.952. The second kappa shape index (κ2) is 9.51. The summed E-state index contributed by atoms with van der Waals surface area (Å²) in [4.78, 5) is 31.6. The molecule has 1 aliphatic heterocycles. The Kier molecular flexibility index (Phi) is 6.96. The third-order valence-corrected chi connectivity index (χ3v) is 6.27. The van der Waals surface area contributed by atoms with Gasteiger partial charge in [0.1, 0.15) is 5.82 Å². The third-order valence-electron chi connectivity index (χ3n) is 6.27. The lowest BCUT2D eigenvalue weighted by Crippen LogP contribution is -2.52. The number of nitrogens with zero attached hydrogens (tertiary/aromatic N) is 2. The number of hydrogen-bond donors (Lipinski definition) is 2. The monoisotopic (exact) mass is 438 g/mol. The van der Waals surface area contributed by atoms with Gasteiger partial charge in [0, 0.05) is 5.56 Å². The molecule has 2 aromatic rings. The van der Waals surface area contributed by atoms with Gasteiger partial charge in [-0.1, -0.05) is 51.1 Å². The maximum Gasteiger partial charge on any atom is 0.251 e. The molecule has 7 heteroatoms. The molecule has 0 spiro atoms. The second-order valence-corrected chi connectivity index (χ2v) is 8.69. The van der Waals surface area contributed by atoms with Gasteiger partial charge in [0.15, 0.2) is 5.96 Å². The Morgan fingerprint density at radius 3 is 2.50 bits per heavy atom. The number of halogens is 1. The maximum atomic E-state index is 14.3. The van der Waals surface area contributed by atoms with Crippen LogP contribution in [0.4, 0.5) is 4.39 Å². The lowest BCUT2D eigenvalue weighted by Gasteiger charge is -2.39. The molecule has 3 rings (SSSR count). The highest BCUT2D eigenvalue weighted by Crippen LogP contribution is 2.34. The van der Waals surface area contributed by atoms with Crippen LogP contribution in [0, 0.1) is 11.7 Å². The fourth-order valence-electron chi connectivity index (χ4n) is 4.09. The number of nitrogens with two attached hydrogens (primary N) is 1. The van der Waals surface area contributed by atoms with Crippen molar-refractivity contribution in [3.8, 4) is 0 Å². The second-order valence-electron chi connectivity index (χ2n) is 8.69. The largest absolute Gasteiger partial charge is 0.369 e. The van der Waals surface area contributed by atoms with Crippen LogP contribution in [0.15, 0.2) is 53.5 Å². The van der Waals surface area contributed by atoms with E-state index in [4.69, 9.17) is 5.73 Å². The van der Waals surface area contributed by atoms with Gasteiger partial charge >= 0.3 is 0 Å². The first kappa shape index (κ1) is 23.4. The summed E-state index contributed by atoms with van der Waals surface area (Å²) in [5.41, 5.74) is 7.25. The van der Waals surface area contributed by atoms with Gasteiger partial charge in [-0.25, -0.2) is 9.38 Å². The van der Waals surface area contributed by atoms with Gasteiger partial charge < -0.3 is 11.1 Å². The van der Waals surface area contributed by atoms with Gasteiger partial charge in [-0.05, 0) is 48.6 Å². The molecule has 2 atom stereocenters. The molecular weight excluding hydrogens is 407 g/mol. The molecule has 3 N–H and O–H groups in total. The van der Waals surface area contributed by atoms with E-state index in [9.17, 15) is 14.0 Å². The molecule has 2 unspecified atom stereocenters. The normalized spacial score (nSPS) is 19.6. The molecule has 2 aromatic carbocycles. The van der Waals surface area contributed by atoms with Gasteiger partial charge in [0.25, 0.3) is 5.91 Å². The molecule has 0 fully saturated rings. The third kappa shape index (κ3) is 4.98. The maximum absolute atomic E-state index is 14.3. The first-order chi connectivity index (χ1) is 15.1. The van der Waals surface area contributed by atoms with Crippen LogP contribution in [-0.2, 0) is 11.3 Å².